The molecule has 2 aromatic heterocycles. The maximum atomic E-state index is 5.44. The van der Waals surface area contributed by atoms with Gasteiger partial charge in [-0.2, -0.15) is 0 Å². The van der Waals surface area contributed by atoms with Gasteiger partial charge in [-0.3, -0.25) is 0 Å². The Morgan fingerprint density at radius 2 is 1.97 bits per heavy atom. The van der Waals surface area contributed by atoms with Gasteiger partial charge in [-0.1, -0.05) is 48.8 Å². The highest BCUT2D eigenvalue weighted by Gasteiger charge is 2.23. The van der Waals surface area contributed by atoms with Crippen LogP contribution in [0.1, 0.15) is 41.4 Å². The first kappa shape index (κ1) is 19.4. The van der Waals surface area contributed by atoms with Crippen LogP contribution in [-0.2, 0) is 12.8 Å². The second-order valence-corrected chi connectivity index (χ2v) is 8.59. The van der Waals surface area contributed by atoms with Crippen molar-refractivity contribution >= 4 is 16.9 Å². The van der Waals surface area contributed by atoms with Crippen LogP contribution in [0.3, 0.4) is 0 Å². The van der Waals surface area contributed by atoms with Crippen molar-refractivity contribution in [3.05, 3.63) is 99.3 Å². The van der Waals surface area contributed by atoms with E-state index in [1.807, 2.05) is 24.4 Å². The van der Waals surface area contributed by atoms with Gasteiger partial charge in [0.05, 0.1) is 0 Å². The van der Waals surface area contributed by atoms with Gasteiger partial charge in [0.2, 0.25) is 0 Å². The molecule has 0 fully saturated rings. The first-order valence-corrected chi connectivity index (χ1v) is 10.8. The zero-order valence-corrected chi connectivity index (χ0v) is 17.6. The van der Waals surface area contributed by atoms with E-state index in [1.165, 1.54) is 21.6 Å². The molecule has 1 aliphatic rings. The summed E-state index contributed by atoms with van der Waals surface area (Å²) in [5.74, 6) is 4.46. The highest BCUT2D eigenvalue weighted by Crippen LogP contribution is 2.36. The van der Waals surface area contributed by atoms with Crippen LogP contribution in [0.4, 0.5) is 0 Å². The Hall–Kier alpha value is -2.96. The molecule has 0 N–H and O–H groups in total. The number of terminal acetylenes is 1. The van der Waals surface area contributed by atoms with Crippen LogP contribution in [0.25, 0.3) is 5.57 Å². The van der Waals surface area contributed by atoms with E-state index in [-0.39, 0.29) is 0 Å². The number of allylic oxidation sites excluding steroid dienone is 4. The molecule has 0 bridgehead atoms. The lowest BCUT2D eigenvalue weighted by Crippen LogP contribution is -2.18. The maximum Gasteiger partial charge on any atom is 0.132 e. The third-order valence-electron chi connectivity index (χ3n) is 5.53. The molecule has 1 aliphatic carbocycles. The minimum Gasteiger partial charge on any atom is -0.241 e. The molecule has 2 unspecified atom stereocenters. The van der Waals surface area contributed by atoms with Crippen LogP contribution in [0.5, 0.6) is 0 Å². The molecule has 3 heteroatoms. The molecule has 0 aliphatic heterocycles. The molecule has 29 heavy (non-hydrogen) atoms. The zero-order valence-electron chi connectivity index (χ0n) is 16.8. The molecule has 2 nitrogen and oxygen atoms in total. The summed E-state index contributed by atoms with van der Waals surface area (Å²) in [5, 5.41) is 2.14. The van der Waals surface area contributed by atoms with Crippen molar-refractivity contribution in [1.82, 2.24) is 9.97 Å². The van der Waals surface area contributed by atoms with Gasteiger partial charge in [-0.05, 0) is 66.0 Å². The number of aromatic nitrogens is 2. The second-order valence-electron chi connectivity index (χ2n) is 7.64. The van der Waals surface area contributed by atoms with Crippen LogP contribution in [0.2, 0.25) is 0 Å². The molecule has 0 saturated heterocycles. The van der Waals surface area contributed by atoms with Gasteiger partial charge < -0.3 is 0 Å². The normalized spacial score (nSPS) is 18.7. The molecule has 2 heterocycles. The number of rotatable bonds is 5. The monoisotopic (exact) mass is 396 g/mol. The molecule has 1 aromatic carbocycles. The Balaban J connectivity index is 1.48. The first-order chi connectivity index (χ1) is 14.1. The van der Waals surface area contributed by atoms with Gasteiger partial charge in [0, 0.05) is 28.8 Å². The Bertz CT molecular complexity index is 1080. The summed E-state index contributed by atoms with van der Waals surface area (Å²) in [5.41, 5.74) is 5.94. The van der Waals surface area contributed by atoms with Crippen molar-refractivity contribution in [3.63, 3.8) is 0 Å². The van der Waals surface area contributed by atoms with Crippen molar-refractivity contribution < 1.29 is 0 Å². The van der Waals surface area contributed by atoms with Crippen LogP contribution >= 0.6 is 11.3 Å². The third kappa shape index (κ3) is 4.55. The summed E-state index contributed by atoms with van der Waals surface area (Å²) in [7, 11) is 0. The third-order valence-corrected chi connectivity index (χ3v) is 6.44. The Morgan fingerprint density at radius 1 is 1.14 bits per heavy atom. The molecule has 144 valence electrons. The predicted molar refractivity (Wildman–Crippen MR) is 122 cm³/mol. The summed E-state index contributed by atoms with van der Waals surface area (Å²) in [6.45, 7) is 4.56. The summed E-state index contributed by atoms with van der Waals surface area (Å²) in [4.78, 5) is 10.7. The quantitative estimate of drug-likeness (QED) is 0.498. The highest BCUT2D eigenvalue weighted by atomic mass is 32.1. The fourth-order valence-corrected chi connectivity index (χ4v) is 4.65. The van der Waals surface area contributed by atoms with E-state index >= 15 is 0 Å². The SMILES string of the molecule is C#Cc1ccc(Cc2nccc(CC3C(C)=CC(c4cccs4)=CC3C)n2)cc1. The van der Waals surface area contributed by atoms with Gasteiger partial charge in [0.15, 0.2) is 0 Å². The van der Waals surface area contributed by atoms with Crippen molar-refractivity contribution in [2.75, 3.05) is 0 Å². The van der Waals surface area contributed by atoms with Crippen molar-refractivity contribution in [3.8, 4) is 12.3 Å². The van der Waals surface area contributed by atoms with Crippen molar-refractivity contribution in [2.45, 2.75) is 26.7 Å². The molecule has 0 saturated carbocycles. The molecule has 2 atom stereocenters. The molecular formula is C26H24N2S. The lowest BCUT2D eigenvalue weighted by molar-refractivity contribution is 0.473. The van der Waals surface area contributed by atoms with Crippen LogP contribution in [-0.4, -0.2) is 9.97 Å². The summed E-state index contributed by atoms with van der Waals surface area (Å²) in [6.07, 6.45) is 13.7. The smallest absolute Gasteiger partial charge is 0.132 e. The number of thiophene rings is 1. The number of hydrogen-bond acceptors (Lipinski definition) is 3. The Labute approximate surface area is 177 Å². The van der Waals surface area contributed by atoms with Gasteiger partial charge in [0.1, 0.15) is 5.82 Å². The van der Waals surface area contributed by atoms with E-state index in [9.17, 15) is 0 Å². The Morgan fingerprint density at radius 3 is 2.66 bits per heavy atom. The largest absolute Gasteiger partial charge is 0.241 e. The second kappa shape index (κ2) is 8.59. The topological polar surface area (TPSA) is 25.8 Å². The maximum absolute atomic E-state index is 5.44. The lowest BCUT2D eigenvalue weighted by Gasteiger charge is -2.27. The van der Waals surface area contributed by atoms with Gasteiger partial charge >= 0.3 is 0 Å². The van der Waals surface area contributed by atoms with Gasteiger partial charge in [-0.25, -0.2) is 9.97 Å². The lowest BCUT2D eigenvalue weighted by atomic mass is 9.78. The average Bonchev–Trinajstić information content (AvgIpc) is 3.26. The van der Waals surface area contributed by atoms with Crippen LogP contribution < -0.4 is 0 Å². The van der Waals surface area contributed by atoms with E-state index in [4.69, 9.17) is 11.4 Å². The van der Waals surface area contributed by atoms with Crippen molar-refractivity contribution in [2.24, 2.45) is 11.8 Å². The molecule has 0 amide bonds. The predicted octanol–water partition coefficient (Wildman–Crippen LogP) is 5.95. The number of benzene rings is 1. The first-order valence-electron chi connectivity index (χ1n) is 9.92. The molecule has 0 radical (unpaired) electrons. The summed E-state index contributed by atoms with van der Waals surface area (Å²) in [6, 6.07) is 14.4. The van der Waals surface area contributed by atoms with E-state index in [0.29, 0.717) is 11.8 Å². The molecule has 4 rings (SSSR count). The van der Waals surface area contributed by atoms with E-state index in [1.54, 1.807) is 11.3 Å². The van der Waals surface area contributed by atoms with Crippen LogP contribution in [0.15, 0.2) is 71.8 Å². The van der Waals surface area contributed by atoms with E-state index < -0.39 is 0 Å². The summed E-state index contributed by atoms with van der Waals surface area (Å²) < 4.78 is 0. The van der Waals surface area contributed by atoms with E-state index in [2.05, 4.69) is 66.5 Å². The summed E-state index contributed by atoms with van der Waals surface area (Å²) >= 11 is 1.80. The molecule has 3 aromatic rings. The van der Waals surface area contributed by atoms with Crippen molar-refractivity contribution in [1.29, 1.82) is 0 Å². The average molecular weight is 397 g/mol. The minimum atomic E-state index is 0.469. The Kier molecular flexibility index (Phi) is 5.74. The zero-order chi connectivity index (χ0) is 20.2. The number of hydrogen-bond donors (Lipinski definition) is 0. The van der Waals surface area contributed by atoms with Gasteiger partial charge in [-0.15, -0.1) is 17.8 Å². The molecule has 0 spiro atoms. The minimum absolute atomic E-state index is 0.469. The fraction of sp³-hybridized carbons (Fsp3) is 0.231. The fourth-order valence-electron chi connectivity index (χ4n) is 3.92. The van der Waals surface area contributed by atoms with Crippen LogP contribution in [0, 0.1) is 24.2 Å². The highest BCUT2D eigenvalue weighted by molar-refractivity contribution is 7.11. The standard InChI is InChI=1S/C26H24N2S/c1-4-20-7-9-21(10-8-20)16-26-27-12-11-23(28-26)17-24-18(2)14-22(15-19(24)3)25-6-5-13-29-25/h1,5-15,18,24H,16-17H2,2-3H3. The van der Waals surface area contributed by atoms with E-state index in [0.717, 1.165) is 29.9 Å². The molecular weight excluding hydrogens is 372 g/mol. The van der Waals surface area contributed by atoms with Gasteiger partial charge in [0.25, 0.3) is 0 Å². The number of nitrogens with zero attached hydrogens (tertiary/aromatic N) is 2.